The van der Waals surface area contributed by atoms with Crippen molar-refractivity contribution in [2.45, 2.75) is 19.4 Å². The van der Waals surface area contributed by atoms with Gasteiger partial charge in [-0.3, -0.25) is 9.59 Å². The molecule has 1 aliphatic rings. The Hall–Kier alpha value is -3.35. The maximum Gasteiger partial charge on any atom is 0.325 e. The smallest absolute Gasteiger partial charge is 0.325 e. The van der Waals surface area contributed by atoms with E-state index in [4.69, 9.17) is 9.15 Å². The van der Waals surface area contributed by atoms with Crippen LogP contribution in [0, 0.1) is 5.92 Å². The first kappa shape index (κ1) is 19.0. The van der Waals surface area contributed by atoms with E-state index < -0.39 is 5.97 Å². The van der Waals surface area contributed by atoms with Crippen molar-refractivity contribution in [2.24, 2.45) is 5.92 Å². The Morgan fingerprint density at radius 3 is 2.55 bits per heavy atom. The number of nitrogens with zero attached hydrogens (tertiary/aromatic N) is 2. The largest absolute Gasteiger partial charge is 0.460 e. The van der Waals surface area contributed by atoms with E-state index >= 15 is 0 Å². The quantitative estimate of drug-likeness (QED) is 0.648. The highest BCUT2D eigenvalue weighted by molar-refractivity contribution is 5.83. The molecule has 2 aromatic carbocycles. The number of esters is 1. The number of rotatable bonds is 6. The van der Waals surface area contributed by atoms with Gasteiger partial charge in [0, 0.05) is 19.0 Å². The van der Waals surface area contributed by atoms with Crippen molar-refractivity contribution in [3.63, 3.8) is 0 Å². The average molecular weight is 393 g/mol. The number of ether oxygens (including phenoxy) is 1. The van der Waals surface area contributed by atoms with Crippen LogP contribution in [0.4, 0.5) is 6.01 Å². The van der Waals surface area contributed by atoms with Gasteiger partial charge in [0.05, 0.1) is 0 Å². The molecule has 0 spiro atoms. The number of carbonyl (C=O) groups excluding carboxylic acids is 2. The maximum absolute atomic E-state index is 12.4. The normalized spacial score (nSPS) is 14.7. The Morgan fingerprint density at radius 1 is 1.07 bits per heavy atom. The van der Waals surface area contributed by atoms with Crippen molar-refractivity contribution in [3.05, 3.63) is 60.2 Å². The molecule has 4 rings (SSSR count). The van der Waals surface area contributed by atoms with Crippen LogP contribution in [0.25, 0.3) is 11.1 Å². The molecule has 1 saturated heterocycles. The van der Waals surface area contributed by atoms with E-state index in [2.05, 4.69) is 15.2 Å². The fraction of sp³-hybridized carbons (Fsp3) is 0.318. The molecule has 0 aliphatic carbocycles. The van der Waals surface area contributed by atoms with Crippen molar-refractivity contribution in [1.82, 2.24) is 10.3 Å². The van der Waals surface area contributed by atoms with E-state index in [1.807, 2.05) is 54.6 Å². The van der Waals surface area contributed by atoms with Gasteiger partial charge in [-0.2, -0.15) is 4.98 Å². The van der Waals surface area contributed by atoms with E-state index in [0.717, 1.165) is 16.7 Å². The van der Waals surface area contributed by atoms with Gasteiger partial charge >= 0.3 is 5.97 Å². The minimum atomic E-state index is -0.439. The molecule has 7 nitrogen and oxygen atoms in total. The third kappa shape index (κ3) is 4.74. The zero-order valence-corrected chi connectivity index (χ0v) is 16.0. The monoisotopic (exact) mass is 393 g/mol. The van der Waals surface area contributed by atoms with Crippen LogP contribution in [0.15, 0.2) is 59.0 Å². The second kappa shape index (κ2) is 8.77. The lowest BCUT2D eigenvalue weighted by atomic mass is 9.96. The van der Waals surface area contributed by atoms with Gasteiger partial charge in [0.2, 0.25) is 5.91 Å². The number of amides is 1. The fourth-order valence-corrected chi connectivity index (χ4v) is 3.42. The van der Waals surface area contributed by atoms with Crippen molar-refractivity contribution >= 4 is 29.0 Å². The van der Waals surface area contributed by atoms with Crippen molar-refractivity contribution in [3.8, 4) is 0 Å². The summed E-state index contributed by atoms with van der Waals surface area (Å²) in [5, 5.41) is 2.69. The summed E-state index contributed by atoms with van der Waals surface area (Å²) in [5.74, 6) is -0.678. The summed E-state index contributed by atoms with van der Waals surface area (Å²) in [5.41, 5.74) is 2.51. The summed E-state index contributed by atoms with van der Waals surface area (Å²) >= 11 is 0. The van der Waals surface area contributed by atoms with Crippen molar-refractivity contribution in [1.29, 1.82) is 0 Å². The van der Waals surface area contributed by atoms with Crippen LogP contribution in [-0.4, -0.2) is 36.5 Å². The Morgan fingerprint density at radius 2 is 1.79 bits per heavy atom. The van der Waals surface area contributed by atoms with Crippen LogP contribution in [-0.2, 0) is 20.9 Å². The van der Waals surface area contributed by atoms with Crippen LogP contribution >= 0.6 is 0 Å². The zero-order chi connectivity index (χ0) is 20.1. The molecule has 2 heterocycles. The molecule has 1 aromatic heterocycles. The first-order valence-electron chi connectivity index (χ1n) is 9.77. The van der Waals surface area contributed by atoms with Gasteiger partial charge < -0.3 is 19.4 Å². The standard InChI is InChI=1S/C22H23N3O4/c26-20(28-15-16-6-2-1-3-7-16)14-23-21(27)17-10-12-25(13-11-17)22-24-18-8-4-5-9-19(18)29-22/h1-9,17H,10-15H2,(H,23,27). The van der Waals surface area contributed by atoms with Crippen LogP contribution in [0.3, 0.4) is 0 Å². The van der Waals surface area contributed by atoms with Crippen LogP contribution in [0.2, 0.25) is 0 Å². The van der Waals surface area contributed by atoms with Gasteiger partial charge in [0.15, 0.2) is 5.58 Å². The summed E-state index contributed by atoms with van der Waals surface area (Å²) in [6.45, 7) is 1.46. The fourth-order valence-electron chi connectivity index (χ4n) is 3.42. The minimum absolute atomic E-state index is 0.112. The van der Waals surface area contributed by atoms with Gasteiger partial charge in [0.1, 0.15) is 18.7 Å². The number of oxazole rings is 1. The molecule has 29 heavy (non-hydrogen) atoms. The van der Waals surface area contributed by atoms with Crippen molar-refractivity contribution < 1.29 is 18.7 Å². The Labute approximate surface area is 168 Å². The highest BCUT2D eigenvalue weighted by Gasteiger charge is 2.27. The number of aromatic nitrogens is 1. The number of hydrogen-bond acceptors (Lipinski definition) is 6. The van der Waals surface area contributed by atoms with E-state index in [0.29, 0.717) is 31.9 Å². The summed E-state index contributed by atoms with van der Waals surface area (Å²) in [4.78, 5) is 30.8. The number of benzene rings is 2. The van der Waals surface area contributed by atoms with Gasteiger partial charge in [-0.05, 0) is 30.5 Å². The van der Waals surface area contributed by atoms with E-state index in [9.17, 15) is 9.59 Å². The molecule has 150 valence electrons. The number of anilines is 1. The molecule has 1 N–H and O–H groups in total. The molecule has 0 radical (unpaired) electrons. The lowest BCUT2D eigenvalue weighted by Crippen LogP contribution is -2.42. The third-order valence-electron chi connectivity index (χ3n) is 5.07. The highest BCUT2D eigenvalue weighted by Crippen LogP contribution is 2.26. The molecule has 3 aromatic rings. The summed E-state index contributed by atoms with van der Waals surface area (Å²) in [6, 6.07) is 17.7. The number of carbonyl (C=O) groups is 2. The first-order chi connectivity index (χ1) is 14.2. The van der Waals surface area contributed by atoms with E-state index in [-0.39, 0.29) is 25.0 Å². The highest BCUT2D eigenvalue weighted by atomic mass is 16.5. The van der Waals surface area contributed by atoms with E-state index in [1.54, 1.807) is 0 Å². The molecule has 0 atom stereocenters. The molecular formula is C22H23N3O4. The first-order valence-corrected chi connectivity index (χ1v) is 9.77. The van der Waals surface area contributed by atoms with Crippen LogP contribution in [0.1, 0.15) is 18.4 Å². The molecule has 0 saturated carbocycles. The maximum atomic E-state index is 12.4. The average Bonchev–Trinajstić information content (AvgIpc) is 3.21. The molecule has 1 amide bonds. The summed E-state index contributed by atoms with van der Waals surface area (Å²) < 4.78 is 11.0. The predicted molar refractivity (Wildman–Crippen MR) is 108 cm³/mol. The van der Waals surface area contributed by atoms with Crippen molar-refractivity contribution in [2.75, 3.05) is 24.5 Å². The summed E-state index contributed by atoms with van der Waals surface area (Å²) in [6.07, 6.45) is 1.37. The SMILES string of the molecule is O=C(CNC(=O)C1CCN(c2nc3ccccc3o2)CC1)OCc1ccccc1. The van der Waals surface area contributed by atoms with Crippen LogP contribution < -0.4 is 10.2 Å². The Balaban J connectivity index is 1.21. The number of para-hydroxylation sites is 2. The van der Waals surface area contributed by atoms with Gasteiger partial charge in [-0.25, -0.2) is 0 Å². The minimum Gasteiger partial charge on any atom is -0.460 e. The second-order valence-corrected chi connectivity index (χ2v) is 7.09. The summed E-state index contributed by atoms with van der Waals surface area (Å²) in [7, 11) is 0. The molecule has 7 heteroatoms. The predicted octanol–water partition coefficient (Wildman–Crippen LogP) is 2.90. The Kier molecular flexibility index (Phi) is 5.74. The Bertz CT molecular complexity index is 945. The molecule has 0 bridgehead atoms. The second-order valence-electron chi connectivity index (χ2n) is 7.09. The van der Waals surface area contributed by atoms with E-state index in [1.165, 1.54) is 0 Å². The molecular weight excluding hydrogens is 370 g/mol. The third-order valence-corrected chi connectivity index (χ3v) is 5.07. The molecule has 0 unspecified atom stereocenters. The zero-order valence-electron chi connectivity index (χ0n) is 16.0. The van der Waals surface area contributed by atoms with Gasteiger partial charge in [-0.1, -0.05) is 42.5 Å². The number of fused-ring (bicyclic) bond motifs is 1. The van der Waals surface area contributed by atoms with Gasteiger partial charge in [-0.15, -0.1) is 0 Å². The lowest BCUT2D eigenvalue weighted by molar-refractivity contribution is -0.145. The van der Waals surface area contributed by atoms with Gasteiger partial charge in [0.25, 0.3) is 6.01 Å². The topological polar surface area (TPSA) is 84.7 Å². The molecule has 1 aliphatic heterocycles. The number of nitrogens with one attached hydrogen (secondary N) is 1. The number of hydrogen-bond donors (Lipinski definition) is 1. The number of piperidine rings is 1. The molecule has 1 fully saturated rings. The lowest BCUT2D eigenvalue weighted by Gasteiger charge is -2.30. The van der Waals surface area contributed by atoms with Crippen LogP contribution in [0.5, 0.6) is 0 Å².